The van der Waals surface area contributed by atoms with Crippen LogP contribution >= 0.6 is 27.5 Å². The van der Waals surface area contributed by atoms with Crippen LogP contribution in [0.1, 0.15) is 17.0 Å². The molecule has 1 N–H and O–H groups in total. The van der Waals surface area contributed by atoms with Crippen LogP contribution < -0.4 is 10.9 Å². The first-order valence-corrected chi connectivity index (χ1v) is 7.13. The summed E-state index contributed by atoms with van der Waals surface area (Å²) in [6.45, 7) is 0.928. The predicted octanol–water partition coefficient (Wildman–Crippen LogP) is 2.68. The van der Waals surface area contributed by atoms with E-state index in [0.717, 1.165) is 0 Å². The van der Waals surface area contributed by atoms with E-state index in [-0.39, 0.29) is 17.2 Å². The molecule has 2 aromatic heterocycles. The van der Waals surface area contributed by atoms with Crippen molar-refractivity contribution < 1.29 is 9.21 Å². The van der Waals surface area contributed by atoms with Gasteiger partial charge in [-0.1, -0.05) is 11.6 Å². The molecule has 0 unspecified atom stereocenters. The van der Waals surface area contributed by atoms with Gasteiger partial charge in [0.1, 0.15) is 0 Å². The van der Waals surface area contributed by atoms with Crippen molar-refractivity contribution in [2.75, 3.05) is 6.54 Å². The monoisotopic (exact) mass is 358 g/mol. The molecule has 0 aliphatic rings. The average molecular weight is 360 g/mol. The summed E-state index contributed by atoms with van der Waals surface area (Å²) in [5, 5.41) is 3.22. The molecule has 7 heteroatoms. The minimum Gasteiger partial charge on any atom is -0.444 e. The predicted molar refractivity (Wildman–Crippen MR) is 79.1 cm³/mol. The first-order chi connectivity index (χ1) is 9.56. The Balaban J connectivity index is 1.80. The Labute approximate surface area is 128 Å². The van der Waals surface area contributed by atoms with E-state index in [0.29, 0.717) is 29.2 Å². The van der Waals surface area contributed by atoms with Crippen LogP contribution in [0.4, 0.5) is 0 Å². The molecule has 0 saturated heterocycles. The number of nitrogens with zero attached hydrogens (tertiary/aromatic N) is 1. The summed E-state index contributed by atoms with van der Waals surface area (Å²) >= 11 is 8.95. The lowest BCUT2D eigenvalue weighted by Gasteiger charge is -2.06. The standard InChI is InChI=1S/C13H12BrClN2O3/c14-11-4-3-10(20-11)13(19)16-6-1-7-17-8-9(15)2-5-12(17)18/h2-5,8H,1,6-7H2,(H,16,19). The minimum atomic E-state index is -0.283. The van der Waals surface area contributed by atoms with Gasteiger partial charge in [-0.25, -0.2) is 0 Å². The van der Waals surface area contributed by atoms with E-state index >= 15 is 0 Å². The first kappa shape index (κ1) is 14.9. The largest absolute Gasteiger partial charge is 0.444 e. The van der Waals surface area contributed by atoms with E-state index in [1.807, 2.05) is 0 Å². The van der Waals surface area contributed by atoms with Crippen molar-refractivity contribution in [3.05, 3.63) is 56.3 Å². The Morgan fingerprint density at radius 2 is 2.15 bits per heavy atom. The zero-order valence-corrected chi connectivity index (χ0v) is 12.8. The number of pyridine rings is 1. The quantitative estimate of drug-likeness (QED) is 0.835. The molecule has 5 nitrogen and oxygen atoms in total. The fourth-order valence-corrected chi connectivity index (χ4v) is 2.14. The van der Waals surface area contributed by atoms with Crippen molar-refractivity contribution in [3.63, 3.8) is 0 Å². The molecule has 20 heavy (non-hydrogen) atoms. The molecular weight excluding hydrogens is 348 g/mol. The van der Waals surface area contributed by atoms with Crippen LogP contribution in [-0.4, -0.2) is 17.0 Å². The van der Waals surface area contributed by atoms with Gasteiger partial charge in [0, 0.05) is 25.4 Å². The maximum Gasteiger partial charge on any atom is 0.287 e. The van der Waals surface area contributed by atoms with Crippen LogP contribution in [0, 0.1) is 0 Å². The van der Waals surface area contributed by atoms with Gasteiger partial charge in [-0.15, -0.1) is 0 Å². The normalized spacial score (nSPS) is 10.5. The molecule has 0 atom stereocenters. The number of aryl methyl sites for hydroxylation is 1. The number of halogens is 2. The van der Waals surface area contributed by atoms with E-state index in [2.05, 4.69) is 21.2 Å². The number of hydrogen-bond acceptors (Lipinski definition) is 3. The van der Waals surface area contributed by atoms with Crippen molar-refractivity contribution in [2.45, 2.75) is 13.0 Å². The third kappa shape index (κ3) is 3.98. The molecule has 2 aromatic rings. The van der Waals surface area contributed by atoms with Crippen molar-refractivity contribution >= 4 is 33.4 Å². The highest BCUT2D eigenvalue weighted by atomic mass is 79.9. The van der Waals surface area contributed by atoms with Crippen LogP contribution in [-0.2, 0) is 6.54 Å². The summed E-state index contributed by atoms with van der Waals surface area (Å²) in [6.07, 6.45) is 2.20. The molecule has 2 rings (SSSR count). The number of amides is 1. The second-order valence-electron chi connectivity index (χ2n) is 4.09. The van der Waals surface area contributed by atoms with Crippen LogP contribution in [0.25, 0.3) is 0 Å². The second kappa shape index (κ2) is 6.76. The van der Waals surface area contributed by atoms with Crippen molar-refractivity contribution in [3.8, 4) is 0 Å². The number of carbonyl (C=O) groups excluding carboxylic acids is 1. The van der Waals surface area contributed by atoms with Crippen LogP contribution in [0.5, 0.6) is 0 Å². The highest BCUT2D eigenvalue weighted by Crippen LogP contribution is 2.13. The molecule has 106 valence electrons. The van der Waals surface area contributed by atoms with Gasteiger partial charge in [0.05, 0.1) is 5.02 Å². The lowest BCUT2D eigenvalue weighted by atomic mass is 10.3. The van der Waals surface area contributed by atoms with Crippen LogP contribution in [0.2, 0.25) is 5.02 Å². The number of rotatable bonds is 5. The lowest BCUT2D eigenvalue weighted by molar-refractivity contribution is 0.0923. The molecule has 0 fully saturated rings. The molecule has 0 bridgehead atoms. The Morgan fingerprint density at radius 3 is 2.85 bits per heavy atom. The minimum absolute atomic E-state index is 0.115. The molecule has 0 spiro atoms. The van der Waals surface area contributed by atoms with E-state index in [9.17, 15) is 9.59 Å². The van der Waals surface area contributed by atoms with Gasteiger partial charge in [0.15, 0.2) is 10.4 Å². The number of furan rings is 1. The summed E-state index contributed by atoms with van der Waals surface area (Å²) in [5.41, 5.74) is -0.115. The second-order valence-corrected chi connectivity index (χ2v) is 5.31. The summed E-state index contributed by atoms with van der Waals surface area (Å²) < 4.78 is 7.15. The van der Waals surface area contributed by atoms with E-state index < -0.39 is 0 Å². The van der Waals surface area contributed by atoms with Crippen molar-refractivity contribution in [2.24, 2.45) is 0 Å². The first-order valence-electron chi connectivity index (χ1n) is 5.96. The Kier molecular flexibility index (Phi) is 5.03. The number of aromatic nitrogens is 1. The van der Waals surface area contributed by atoms with Gasteiger partial charge in [-0.3, -0.25) is 9.59 Å². The van der Waals surface area contributed by atoms with Crippen molar-refractivity contribution in [1.82, 2.24) is 9.88 Å². The zero-order chi connectivity index (χ0) is 14.5. The maximum absolute atomic E-state index is 11.7. The Bertz CT molecular complexity index is 666. The number of nitrogens with one attached hydrogen (secondary N) is 1. The molecular formula is C13H12BrClN2O3. The van der Waals surface area contributed by atoms with Gasteiger partial charge < -0.3 is 14.3 Å². The van der Waals surface area contributed by atoms with Crippen LogP contribution in [0.15, 0.2) is 44.3 Å². The smallest absolute Gasteiger partial charge is 0.287 e. The van der Waals surface area contributed by atoms with Gasteiger partial charge in [-0.2, -0.15) is 0 Å². The number of hydrogen-bond donors (Lipinski definition) is 1. The Hall–Kier alpha value is -1.53. The molecule has 0 saturated carbocycles. The number of carbonyl (C=O) groups is 1. The SMILES string of the molecule is O=C(NCCCn1cc(Cl)ccc1=O)c1ccc(Br)o1. The summed E-state index contributed by atoms with van der Waals surface area (Å²) in [6, 6.07) is 6.21. The molecule has 2 heterocycles. The van der Waals surface area contributed by atoms with Gasteiger partial charge in [-0.05, 0) is 40.5 Å². The van der Waals surface area contributed by atoms with Gasteiger partial charge >= 0.3 is 0 Å². The highest BCUT2D eigenvalue weighted by molar-refractivity contribution is 9.10. The third-order valence-electron chi connectivity index (χ3n) is 2.61. The summed E-state index contributed by atoms with van der Waals surface area (Å²) in [4.78, 5) is 23.2. The third-order valence-corrected chi connectivity index (χ3v) is 3.26. The lowest BCUT2D eigenvalue weighted by Crippen LogP contribution is -2.26. The molecule has 0 aliphatic heterocycles. The fourth-order valence-electron chi connectivity index (χ4n) is 1.65. The Morgan fingerprint density at radius 1 is 1.35 bits per heavy atom. The van der Waals surface area contributed by atoms with E-state index in [4.69, 9.17) is 16.0 Å². The van der Waals surface area contributed by atoms with E-state index in [1.54, 1.807) is 24.4 Å². The highest BCUT2D eigenvalue weighted by Gasteiger charge is 2.09. The van der Waals surface area contributed by atoms with Crippen LogP contribution in [0.3, 0.4) is 0 Å². The van der Waals surface area contributed by atoms with Crippen molar-refractivity contribution in [1.29, 1.82) is 0 Å². The van der Waals surface area contributed by atoms with Gasteiger partial charge in [0.2, 0.25) is 0 Å². The average Bonchev–Trinajstić information content (AvgIpc) is 2.85. The zero-order valence-electron chi connectivity index (χ0n) is 10.4. The summed E-state index contributed by atoms with van der Waals surface area (Å²) in [5.74, 6) is -0.0362. The molecule has 1 amide bonds. The molecule has 0 aliphatic carbocycles. The topological polar surface area (TPSA) is 64.2 Å². The maximum atomic E-state index is 11.7. The fraction of sp³-hybridized carbons (Fsp3) is 0.231. The molecule has 0 radical (unpaired) electrons. The summed E-state index contributed by atoms with van der Waals surface area (Å²) in [7, 11) is 0. The molecule has 0 aromatic carbocycles. The van der Waals surface area contributed by atoms with Gasteiger partial charge in [0.25, 0.3) is 11.5 Å². The van der Waals surface area contributed by atoms with E-state index in [1.165, 1.54) is 10.6 Å².